The zero-order valence-electron chi connectivity index (χ0n) is 19.8. The number of piperidine rings is 1. The van der Waals surface area contributed by atoms with E-state index in [1.54, 1.807) is 30.9 Å². The molecule has 1 saturated heterocycles. The average Bonchev–Trinajstić information content (AvgIpc) is 2.77. The molecule has 0 aromatic heterocycles. The summed E-state index contributed by atoms with van der Waals surface area (Å²) < 4.78 is 38.4. The number of likely N-dealkylation sites (tertiary alicyclic amines) is 1. The molecule has 3 rings (SSSR count). The van der Waals surface area contributed by atoms with Crippen LogP contribution in [0.3, 0.4) is 0 Å². The summed E-state index contributed by atoms with van der Waals surface area (Å²) in [5, 5.41) is 0. The van der Waals surface area contributed by atoms with Crippen molar-refractivity contribution in [2.75, 3.05) is 19.7 Å². The molecule has 0 radical (unpaired) electrons. The minimum Gasteiger partial charge on any atom is -0.493 e. The Morgan fingerprint density at radius 1 is 0.970 bits per heavy atom. The Hall–Kier alpha value is -2.58. The Morgan fingerprint density at radius 3 is 2.03 bits per heavy atom. The van der Waals surface area contributed by atoms with Gasteiger partial charge in [0.2, 0.25) is 10.0 Å². The third-order valence-electron chi connectivity index (χ3n) is 5.44. The van der Waals surface area contributed by atoms with Gasteiger partial charge in [0.1, 0.15) is 5.75 Å². The van der Waals surface area contributed by atoms with Gasteiger partial charge in [-0.2, -0.15) is 0 Å². The first-order chi connectivity index (χ1) is 15.6. The number of nitrogens with zero attached hydrogens (tertiary/aromatic N) is 1. The van der Waals surface area contributed by atoms with E-state index < -0.39 is 10.0 Å². The highest BCUT2D eigenvalue weighted by atomic mass is 32.2. The predicted molar refractivity (Wildman–Crippen MR) is 129 cm³/mol. The lowest BCUT2D eigenvalue weighted by Gasteiger charge is -2.31. The van der Waals surface area contributed by atoms with E-state index in [1.807, 2.05) is 50.2 Å². The number of rotatable bonds is 8. The smallest absolute Gasteiger partial charge is 0.410 e. The molecule has 0 aliphatic carbocycles. The molecular formula is C25H34N2O5S. The number of amides is 1. The largest absolute Gasteiger partial charge is 0.493 e. The van der Waals surface area contributed by atoms with Crippen LogP contribution in [0.1, 0.15) is 40.5 Å². The second-order valence-electron chi connectivity index (χ2n) is 9.00. The maximum absolute atomic E-state index is 12.3. The summed E-state index contributed by atoms with van der Waals surface area (Å²) in [6, 6.07) is 14.5. The monoisotopic (exact) mass is 474 g/mol. The van der Waals surface area contributed by atoms with Crippen LogP contribution in [0.4, 0.5) is 4.79 Å². The zero-order chi connectivity index (χ0) is 24.0. The third kappa shape index (κ3) is 7.20. The quantitative estimate of drug-likeness (QED) is 0.601. The molecule has 1 heterocycles. The minimum atomic E-state index is -3.50. The van der Waals surface area contributed by atoms with Crippen molar-refractivity contribution in [3.8, 4) is 16.9 Å². The number of hydrogen-bond acceptors (Lipinski definition) is 5. The summed E-state index contributed by atoms with van der Waals surface area (Å²) in [6.45, 7) is 9.30. The third-order valence-corrected chi connectivity index (χ3v) is 7.11. The van der Waals surface area contributed by atoms with Gasteiger partial charge in [-0.05, 0) is 81.8 Å². The van der Waals surface area contributed by atoms with Gasteiger partial charge < -0.3 is 14.4 Å². The summed E-state index contributed by atoms with van der Waals surface area (Å²) in [6.07, 6.45) is 1.45. The second-order valence-corrected chi connectivity index (χ2v) is 10.7. The van der Waals surface area contributed by atoms with Crippen LogP contribution in [0.25, 0.3) is 11.1 Å². The standard InChI is InChI=1S/C25H34N2O5S/c1-18(2)26-33(29,30)24-11-7-22(8-12-24)21-5-9-23(10-6-21)31-17-20-13-15-27(16-14-20)25(28)32-19(3)4/h5-12,18-20,26H,13-17H2,1-4H3. The van der Waals surface area contributed by atoms with E-state index in [4.69, 9.17) is 9.47 Å². The molecule has 0 spiro atoms. The first-order valence-corrected chi connectivity index (χ1v) is 12.9. The first kappa shape index (κ1) is 25.1. The van der Waals surface area contributed by atoms with Crippen molar-refractivity contribution < 1.29 is 22.7 Å². The fourth-order valence-electron chi connectivity index (χ4n) is 3.72. The summed E-state index contributed by atoms with van der Waals surface area (Å²) in [5.41, 5.74) is 1.92. The highest BCUT2D eigenvalue weighted by Crippen LogP contribution is 2.25. The molecule has 7 nitrogen and oxygen atoms in total. The van der Waals surface area contributed by atoms with E-state index in [0.717, 1.165) is 29.7 Å². The highest BCUT2D eigenvalue weighted by molar-refractivity contribution is 7.89. The molecule has 180 valence electrons. The van der Waals surface area contributed by atoms with Gasteiger partial charge in [-0.3, -0.25) is 0 Å². The Labute approximate surface area is 197 Å². The molecule has 0 bridgehead atoms. The normalized spacial score (nSPS) is 15.2. The molecular weight excluding hydrogens is 440 g/mol. The van der Waals surface area contributed by atoms with Gasteiger partial charge in [0, 0.05) is 19.1 Å². The summed E-state index contributed by atoms with van der Waals surface area (Å²) >= 11 is 0. The van der Waals surface area contributed by atoms with Gasteiger partial charge in [-0.15, -0.1) is 0 Å². The number of carbonyl (C=O) groups excluding carboxylic acids is 1. The van der Waals surface area contributed by atoms with E-state index in [9.17, 15) is 13.2 Å². The highest BCUT2D eigenvalue weighted by Gasteiger charge is 2.24. The molecule has 0 unspecified atom stereocenters. The molecule has 1 N–H and O–H groups in total. The maximum atomic E-state index is 12.3. The van der Waals surface area contributed by atoms with E-state index in [1.165, 1.54) is 0 Å². The van der Waals surface area contributed by atoms with Crippen LogP contribution in [0.15, 0.2) is 53.4 Å². The molecule has 1 aliphatic rings. The molecule has 8 heteroatoms. The van der Waals surface area contributed by atoms with E-state index in [-0.39, 0.29) is 23.1 Å². The predicted octanol–water partition coefficient (Wildman–Crippen LogP) is 4.68. The average molecular weight is 475 g/mol. The summed E-state index contributed by atoms with van der Waals surface area (Å²) in [7, 11) is -3.50. The number of nitrogens with one attached hydrogen (secondary N) is 1. The number of sulfonamides is 1. The number of hydrogen-bond donors (Lipinski definition) is 1. The first-order valence-electron chi connectivity index (χ1n) is 11.4. The molecule has 1 aliphatic heterocycles. The van der Waals surface area contributed by atoms with E-state index >= 15 is 0 Å². The van der Waals surface area contributed by atoms with Crippen molar-refractivity contribution in [1.29, 1.82) is 0 Å². The Morgan fingerprint density at radius 2 is 1.52 bits per heavy atom. The Bertz CT molecular complexity index is 1010. The van der Waals surface area contributed by atoms with E-state index in [0.29, 0.717) is 25.6 Å². The SMILES string of the molecule is CC(C)NS(=O)(=O)c1ccc(-c2ccc(OCC3CCN(C(=O)OC(C)C)CC3)cc2)cc1. The molecule has 2 aromatic carbocycles. The van der Waals surface area contributed by atoms with Crippen molar-refractivity contribution in [1.82, 2.24) is 9.62 Å². The maximum Gasteiger partial charge on any atom is 0.410 e. The molecule has 1 fully saturated rings. The van der Waals surface area contributed by atoms with Gasteiger partial charge in [0.15, 0.2) is 0 Å². The van der Waals surface area contributed by atoms with Gasteiger partial charge >= 0.3 is 6.09 Å². The van der Waals surface area contributed by atoms with Crippen LogP contribution in [0, 0.1) is 5.92 Å². The summed E-state index contributed by atoms with van der Waals surface area (Å²) in [4.78, 5) is 14.0. The topological polar surface area (TPSA) is 84.9 Å². The number of carbonyl (C=O) groups is 1. The van der Waals surface area contributed by atoms with Gasteiger partial charge in [-0.25, -0.2) is 17.9 Å². The minimum absolute atomic E-state index is 0.102. The molecule has 2 aromatic rings. The Kier molecular flexibility index (Phi) is 8.37. The van der Waals surface area contributed by atoms with Crippen molar-refractivity contribution in [3.63, 3.8) is 0 Å². The van der Waals surface area contributed by atoms with Crippen molar-refractivity contribution >= 4 is 16.1 Å². The Balaban J connectivity index is 1.50. The molecule has 1 amide bonds. The molecule has 0 saturated carbocycles. The van der Waals surface area contributed by atoms with Crippen LogP contribution in [-0.2, 0) is 14.8 Å². The van der Waals surface area contributed by atoms with Gasteiger partial charge in [0.25, 0.3) is 0 Å². The van der Waals surface area contributed by atoms with Gasteiger partial charge in [0.05, 0.1) is 17.6 Å². The zero-order valence-corrected chi connectivity index (χ0v) is 20.6. The summed E-state index contributed by atoms with van der Waals surface area (Å²) in [5.74, 6) is 1.20. The van der Waals surface area contributed by atoms with Crippen LogP contribution in [-0.4, -0.2) is 51.3 Å². The molecule has 33 heavy (non-hydrogen) atoms. The lowest BCUT2D eigenvalue weighted by molar-refractivity contribution is 0.0608. The fourth-order valence-corrected chi connectivity index (χ4v) is 4.97. The van der Waals surface area contributed by atoms with Gasteiger partial charge in [-0.1, -0.05) is 24.3 Å². The molecule has 0 atom stereocenters. The second kappa shape index (κ2) is 11.0. The van der Waals surface area contributed by atoms with Crippen LogP contribution < -0.4 is 9.46 Å². The lowest BCUT2D eigenvalue weighted by Crippen LogP contribution is -2.40. The van der Waals surface area contributed by atoms with E-state index in [2.05, 4.69) is 4.72 Å². The van der Waals surface area contributed by atoms with Crippen LogP contribution in [0.2, 0.25) is 0 Å². The van der Waals surface area contributed by atoms with Crippen LogP contribution in [0.5, 0.6) is 5.75 Å². The van der Waals surface area contributed by atoms with Crippen molar-refractivity contribution in [2.24, 2.45) is 5.92 Å². The van der Waals surface area contributed by atoms with Crippen LogP contribution >= 0.6 is 0 Å². The number of ether oxygens (including phenoxy) is 2. The van der Waals surface area contributed by atoms with Crippen molar-refractivity contribution in [2.45, 2.75) is 57.6 Å². The van der Waals surface area contributed by atoms with Crippen molar-refractivity contribution in [3.05, 3.63) is 48.5 Å². The number of benzene rings is 2. The lowest BCUT2D eigenvalue weighted by atomic mass is 9.98. The fraction of sp³-hybridized carbons (Fsp3) is 0.480.